The van der Waals surface area contributed by atoms with Gasteiger partial charge in [0, 0.05) is 39.8 Å². The normalized spacial score (nSPS) is 11.0. The molecule has 0 aliphatic carbocycles. The second-order valence-corrected chi connectivity index (χ2v) is 4.53. The quantitative estimate of drug-likeness (QED) is 0.437. The van der Waals surface area contributed by atoms with Gasteiger partial charge in [0.2, 0.25) is 0 Å². The molecule has 0 radical (unpaired) electrons. The third kappa shape index (κ3) is 6.19. The van der Waals surface area contributed by atoms with E-state index in [1.165, 1.54) is 5.56 Å². The molecule has 0 bridgehead atoms. The zero-order chi connectivity index (χ0) is 14.2. The third-order valence-corrected chi connectivity index (χ3v) is 2.93. The minimum atomic E-state index is 0. The van der Waals surface area contributed by atoms with E-state index in [9.17, 15) is 0 Å². The van der Waals surface area contributed by atoms with Crippen LogP contribution in [-0.4, -0.2) is 35.9 Å². The molecule has 0 saturated carbocycles. The summed E-state index contributed by atoms with van der Waals surface area (Å²) in [7, 11) is 3.69. The minimum Gasteiger partial charge on any atom is -0.469 e. The number of aryl methyl sites for hydroxylation is 1. The van der Waals surface area contributed by atoms with Crippen molar-refractivity contribution < 1.29 is 4.42 Å². The standard InChI is InChI=1S/C14H21N5O.HI/c1-15-14(17-8-6-13-4-3-9-20-13)16-7-5-12-10-18-19(2)11-12;/h3-4,9-11H,5-8H2,1-2H3,(H2,15,16,17);1H. The fourth-order valence-electron chi connectivity index (χ4n) is 1.91. The SMILES string of the molecule is CN=C(NCCc1cnn(C)c1)NCCc1ccco1.I. The van der Waals surface area contributed by atoms with Gasteiger partial charge in [-0.3, -0.25) is 9.67 Å². The molecule has 0 aliphatic heterocycles. The molecule has 2 N–H and O–H groups in total. The Morgan fingerprint density at radius 1 is 1.33 bits per heavy atom. The second kappa shape index (κ2) is 9.43. The van der Waals surface area contributed by atoms with Crippen LogP contribution < -0.4 is 10.6 Å². The highest BCUT2D eigenvalue weighted by Crippen LogP contribution is 1.99. The Labute approximate surface area is 142 Å². The molecule has 0 unspecified atom stereocenters. The minimum absolute atomic E-state index is 0. The van der Waals surface area contributed by atoms with E-state index in [0.717, 1.165) is 37.7 Å². The second-order valence-electron chi connectivity index (χ2n) is 4.53. The van der Waals surface area contributed by atoms with Crippen LogP contribution in [-0.2, 0) is 19.9 Å². The van der Waals surface area contributed by atoms with Crippen LogP contribution in [0.5, 0.6) is 0 Å². The summed E-state index contributed by atoms with van der Waals surface area (Å²) in [5.41, 5.74) is 1.21. The van der Waals surface area contributed by atoms with Crippen molar-refractivity contribution in [1.82, 2.24) is 20.4 Å². The zero-order valence-electron chi connectivity index (χ0n) is 12.4. The average Bonchev–Trinajstić information content (AvgIpc) is 3.09. The third-order valence-electron chi connectivity index (χ3n) is 2.93. The first-order chi connectivity index (χ1) is 9.78. The maximum Gasteiger partial charge on any atom is 0.191 e. The summed E-state index contributed by atoms with van der Waals surface area (Å²) >= 11 is 0. The number of nitrogens with zero attached hydrogens (tertiary/aromatic N) is 3. The fraction of sp³-hybridized carbons (Fsp3) is 0.429. The molecule has 2 rings (SSSR count). The van der Waals surface area contributed by atoms with Crippen molar-refractivity contribution >= 4 is 29.9 Å². The maximum atomic E-state index is 5.28. The summed E-state index contributed by atoms with van der Waals surface area (Å²) in [6, 6.07) is 3.87. The number of halogens is 1. The number of hydrogen-bond donors (Lipinski definition) is 2. The van der Waals surface area contributed by atoms with Crippen LogP contribution in [0.25, 0.3) is 0 Å². The largest absolute Gasteiger partial charge is 0.469 e. The van der Waals surface area contributed by atoms with Gasteiger partial charge in [0.15, 0.2) is 5.96 Å². The smallest absolute Gasteiger partial charge is 0.191 e. The molecule has 6 nitrogen and oxygen atoms in total. The van der Waals surface area contributed by atoms with E-state index in [-0.39, 0.29) is 24.0 Å². The number of furan rings is 1. The van der Waals surface area contributed by atoms with Crippen LogP contribution in [0.15, 0.2) is 40.2 Å². The van der Waals surface area contributed by atoms with E-state index >= 15 is 0 Å². The van der Waals surface area contributed by atoms with Crippen molar-refractivity contribution in [2.45, 2.75) is 12.8 Å². The van der Waals surface area contributed by atoms with Crippen LogP contribution >= 0.6 is 24.0 Å². The van der Waals surface area contributed by atoms with E-state index in [4.69, 9.17) is 4.42 Å². The number of aliphatic imine (C=N–C) groups is 1. The number of rotatable bonds is 6. The summed E-state index contributed by atoms with van der Waals surface area (Å²) in [5, 5.41) is 10.7. The molecule has 0 aliphatic rings. The molecule has 2 heterocycles. The molecule has 0 spiro atoms. The van der Waals surface area contributed by atoms with Gasteiger partial charge in [-0.05, 0) is 24.1 Å². The summed E-state index contributed by atoms with van der Waals surface area (Å²) in [4.78, 5) is 4.19. The highest BCUT2D eigenvalue weighted by Gasteiger charge is 2.00. The van der Waals surface area contributed by atoms with Crippen LogP contribution in [0, 0.1) is 0 Å². The Kier molecular flexibility index (Phi) is 7.88. The lowest BCUT2D eigenvalue weighted by Gasteiger charge is -2.10. The van der Waals surface area contributed by atoms with Gasteiger partial charge < -0.3 is 15.1 Å². The predicted octanol–water partition coefficient (Wildman–Crippen LogP) is 1.58. The van der Waals surface area contributed by atoms with Crippen molar-refractivity contribution in [1.29, 1.82) is 0 Å². The van der Waals surface area contributed by atoms with Gasteiger partial charge in [0.1, 0.15) is 5.76 Å². The van der Waals surface area contributed by atoms with Crippen LogP contribution in [0.1, 0.15) is 11.3 Å². The number of hydrogen-bond acceptors (Lipinski definition) is 3. The van der Waals surface area contributed by atoms with Crippen molar-refractivity contribution in [2.75, 3.05) is 20.1 Å². The molecule has 0 aromatic carbocycles. The maximum absolute atomic E-state index is 5.28. The van der Waals surface area contributed by atoms with Crippen LogP contribution in [0.3, 0.4) is 0 Å². The van der Waals surface area contributed by atoms with E-state index in [1.807, 2.05) is 36.3 Å². The van der Waals surface area contributed by atoms with Gasteiger partial charge in [-0.15, -0.1) is 24.0 Å². The molecule has 0 amide bonds. The van der Waals surface area contributed by atoms with Crippen molar-refractivity contribution in [3.05, 3.63) is 42.1 Å². The molecular formula is C14H22IN5O. The summed E-state index contributed by atoms with van der Waals surface area (Å²) in [6.45, 7) is 1.62. The van der Waals surface area contributed by atoms with E-state index in [1.54, 1.807) is 13.3 Å². The molecule has 0 fully saturated rings. The van der Waals surface area contributed by atoms with Crippen LogP contribution in [0.2, 0.25) is 0 Å². The average molecular weight is 403 g/mol. The van der Waals surface area contributed by atoms with E-state index in [0.29, 0.717) is 0 Å². The van der Waals surface area contributed by atoms with Gasteiger partial charge in [0.05, 0.1) is 12.5 Å². The topological polar surface area (TPSA) is 67.4 Å². The number of nitrogens with one attached hydrogen (secondary N) is 2. The number of aromatic nitrogens is 2. The Bertz CT molecular complexity index is 535. The molecule has 0 saturated heterocycles. The Morgan fingerprint density at radius 2 is 2.10 bits per heavy atom. The highest BCUT2D eigenvalue weighted by molar-refractivity contribution is 14.0. The summed E-state index contributed by atoms with van der Waals surface area (Å²) in [6.07, 6.45) is 7.36. The molecular weight excluding hydrogens is 381 g/mol. The lowest BCUT2D eigenvalue weighted by Crippen LogP contribution is -2.39. The lowest BCUT2D eigenvalue weighted by atomic mass is 10.2. The van der Waals surface area contributed by atoms with Crippen molar-refractivity contribution in [3.63, 3.8) is 0 Å². The van der Waals surface area contributed by atoms with Gasteiger partial charge >= 0.3 is 0 Å². The monoisotopic (exact) mass is 403 g/mol. The fourth-order valence-corrected chi connectivity index (χ4v) is 1.91. The number of guanidine groups is 1. The zero-order valence-corrected chi connectivity index (χ0v) is 14.7. The first kappa shape index (κ1) is 17.5. The van der Waals surface area contributed by atoms with Gasteiger partial charge in [-0.2, -0.15) is 5.10 Å². The first-order valence-electron chi connectivity index (χ1n) is 6.72. The van der Waals surface area contributed by atoms with Gasteiger partial charge in [0.25, 0.3) is 0 Å². The molecule has 2 aromatic heterocycles. The summed E-state index contributed by atoms with van der Waals surface area (Å²) < 4.78 is 7.09. The lowest BCUT2D eigenvalue weighted by molar-refractivity contribution is 0.507. The van der Waals surface area contributed by atoms with E-state index < -0.39 is 0 Å². The Morgan fingerprint density at radius 3 is 2.67 bits per heavy atom. The summed E-state index contributed by atoms with van der Waals surface area (Å²) in [5.74, 6) is 1.78. The molecule has 7 heteroatoms. The van der Waals surface area contributed by atoms with Crippen LogP contribution in [0.4, 0.5) is 0 Å². The van der Waals surface area contributed by atoms with E-state index in [2.05, 4.69) is 20.7 Å². The Balaban J connectivity index is 0.00000220. The Hall–Kier alpha value is -1.51. The van der Waals surface area contributed by atoms with Crippen molar-refractivity contribution in [3.8, 4) is 0 Å². The molecule has 2 aromatic rings. The molecule has 21 heavy (non-hydrogen) atoms. The first-order valence-corrected chi connectivity index (χ1v) is 6.72. The molecule has 0 atom stereocenters. The van der Waals surface area contributed by atoms with Gasteiger partial charge in [-0.25, -0.2) is 0 Å². The van der Waals surface area contributed by atoms with Crippen molar-refractivity contribution in [2.24, 2.45) is 12.0 Å². The molecule has 116 valence electrons. The van der Waals surface area contributed by atoms with Gasteiger partial charge in [-0.1, -0.05) is 0 Å². The predicted molar refractivity (Wildman–Crippen MR) is 94.1 cm³/mol. The highest BCUT2D eigenvalue weighted by atomic mass is 127.